The van der Waals surface area contributed by atoms with E-state index in [-0.39, 0.29) is 23.5 Å². The molecular weight excluding hydrogens is 320 g/mol. The number of hydrogen-bond donors (Lipinski definition) is 0. The third kappa shape index (κ3) is 2.14. The SMILES string of the molecule is C/C=C(/C)C(=O)O[C@H]1CC[C@@H]2Cc3occ(C)c3[C@@H]3OC(=O)[C@H]1[C@]23C. The van der Waals surface area contributed by atoms with Gasteiger partial charge in [-0.2, -0.15) is 0 Å². The van der Waals surface area contributed by atoms with Gasteiger partial charge >= 0.3 is 11.9 Å². The van der Waals surface area contributed by atoms with Crippen molar-refractivity contribution in [3.05, 3.63) is 34.8 Å². The Kier molecular flexibility index (Phi) is 3.60. The number of carbonyl (C=O) groups is 2. The van der Waals surface area contributed by atoms with Crippen molar-refractivity contribution in [2.75, 3.05) is 0 Å². The maximum Gasteiger partial charge on any atom is 0.333 e. The first-order valence-corrected chi connectivity index (χ1v) is 8.99. The lowest BCUT2D eigenvalue weighted by Crippen LogP contribution is -2.51. The molecule has 3 aliphatic rings. The fraction of sp³-hybridized carbons (Fsp3) is 0.600. The van der Waals surface area contributed by atoms with Crippen LogP contribution in [0.2, 0.25) is 0 Å². The lowest BCUT2D eigenvalue weighted by Gasteiger charge is -2.48. The van der Waals surface area contributed by atoms with E-state index in [1.807, 2.05) is 6.92 Å². The van der Waals surface area contributed by atoms with E-state index in [2.05, 4.69) is 6.92 Å². The highest BCUT2D eigenvalue weighted by Crippen LogP contribution is 2.63. The molecule has 1 aliphatic heterocycles. The molecule has 2 heterocycles. The van der Waals surface area contributed by atoms with E-state index in [1.165, 1.54) is 0 Å². The van der Waals surface area contributed by atoms with Gasteiger partial charge in [-0.15, -0.1) is 0 Å². The van der Waals surface area contributed by atoms with E-state index < -0.39 is 12.0 Å². The summed E-state index contributed by atoms with van der Waals surface area (Å²) in [4.78, 5) is 25.0. The van der Waals surface area contributed by atoms with Crippen molar-refractivity contribution >= 4 is 11.9 Å². The zero-order chi connectivity index (χ0) is 17.9. The fourth-order valence-electron chi connectivity index (χ4n) is 5.01. The molecule has 5 nitrogen and oxygen atoms in total. The Balaban J connectivity index is 1.71. The highest BCUT2D eigenvalue weighted by Gasteiger charge is 2.66. The number of ether oxygens (including phenoxy) is 2. The lowest BCUT2D eigenvalue weighted by atomic mass is 9.54. The molecule has 5 atom stereocenters. The van der Waals surface area contributed by atoms with E-state index >= 15 is 0 Å². The Hall–Kier alpha value is -2.04. The van der Waals surface area contributed by atoms with Crippen LogP contribution in [0.1, 0.15) is 56.6 Å². The fourth-order valence-corrected chi connectivity index (χ4v) is 5.01. The first kappa shape index (κ1) is 16.4. The van der Waals surface area contributed by atoms with Gasteiger partial charge < -0.3 is 13.9 Å². The molecule has 5 heteroatoms. The van der Waals surface area contributed by atoms with Gasteiger partial charge in [-0.25, -0.2) is 4.79 Å². The number of rotatable bonds is 2. The Morgan fingerprint density at radius 1 is 1.40 bits per heavy atom. The maximum absolute atomic E-state index is 12.8. The van der Waals surface area contributed by atoms with Crippen molar-refractivity contribution in [2.45, 2.75) is 59.2 Å². The van der Waals surface area contributed by atoms with E-state index in [1.54, 1.807) is 26.2 Å². The third-order valence-electron chi connectivity index (χ3n) is 6.58. The summed E-state index contributed by atoms with van der Waals surface area (Å²) in [6.45, 7) is 7.64. The molecular formula is C20H24O5. The van der Waals surface area contributed by atoms with Crippen molar-refractivity contribution in [3.8, 4) is 0 Å². The maximum atomic E-state index is 12.8. The molecule has 4 rings (SSSR count). The van der Waals surface area contributed by atoms with Crippen LogP contribution in [0.25, 0.3) is 0 Å². The first-order chi connectivity index (χ1) is 11.9. The summed E-state index contributed by atoms with van der Waals surface area (Å²) in [5, 5.41) is 0. The number of fused-ring (bicyclic) bond motifs is 2. The minimum atomic E-state index is -0.421. The summed E-state index contributed by atoms with van der Waals surface area (Å²) in [5.74, 6) is 0.235. The van der Waals surface area contributed by atoms with Gasteiger partial charge in [-0.1, -0.05) is 13.0 Å². The smallest absolute Gasteiger partial charge is 0.333 e. The largest absolute Gasteiger partial charge is 0.469 e. The lowest BCUT2D eigenvalue weighted by molar-refractivity contribution is -0.159. The van der Waals surface area contributed by atoms with Gasteiger partial charge in [0.05, 0.1) is 6.26 Å². The average Bonchev–Trinajstić information content (AvgIpc) is 3.07. The molecule has 1 aromatic rings. The Morgan fingerprint density at radius 2 is 2.16 bits per heavy atom. The van der Waals surface area contributed by atoms with Gasteiger partial charge in [0.15, 0.2) is 0 Å². The van der Waals surface area contributed by atoms with Crippen LogP contribution < -0.4 is 0 Å². The number of carbonyl (C=O) groups excluding carboxylic acids is 2. The standard InChI is InChI=1S/C20H24O5/c1-5-10(2)18(21)24-13-7-6-12-8-14-15(11(3)9-23-14)17-20(12,4)16(13)19(22)25-17/h5,9,12-13,16-17H,6-8H2,1-4H3/b10-5-/t12-,13+,16+,17+,20+/m1/s1. The van der Waals surface area contributed by atoms with Crippen molar-refractivity contribution in [1.82, 2.24) is 0 Å². The summed E-state index contributed by atoms with van der Waals surface area (Å²) < 4.78 is 17.3. The number of furan rings is 1. The molecule has 1 saturated carbocycles. The van der Waals surface area contributed by atoms with Crippen LogP contribution in [0.15, 0.2) is 22.3 Å². The number of allylic oxidation sites excluding steroid dienone is 1. The third-order valence-corrected chi connectivity index (χ3v) is 6.58. The predicted molar refractivity (Wildman–Crippen MR) is 89.6 cm³/mol. The molecule has 0 bridgehead atoms. The van der Waals surface area contributed by atoms with Crippen LogP contribution in [-0.4, -0.2) is 18.0 Å². The topological polar surface area (TPSA) is 65.7 Å². The summed E-state index contributed by atoms with van der Waals surface area (Å²) >= 11 is 0. The Bertz CT molecular complexity index is 773. The zero-order valence-electron chi connectivity index (χ0n) is 15.1. The Morgan fingerprint density at radius 3 is 2.88 bits per heavy atom. The summed E-state index contributed by atoms with van der Waals surface area (Å²) in [6.07, 6.45) is 5.15. The molecule has 2 fully saturated rings. The van der Waals surface area contributed by atoms with E-state index in [9.17, 15) is 9.59 Å². The van der Waals surface area contributed by atoms with Crippen LogP contribution in [-0.2, 0) is 25.5 Å². The molecule has 0 radical (unpaired) electrons. The molecule has 134 valence electrons. The average molecular weight is 344 g/mol. The second-order valence-corrected chi connectivity index (χ2v) is 7.81. The van der Waals surface area contributed by atoms with Crippen molar-refractivity contribution in [3.63, 3.8) is 0 Å². The van der Waals surface area contributed by atoms with Gasteiger partial charge in [-0.3, -0.25) is 4.79 Å². The molecule has 0 spiro atoms. The van der Waals surface area contributed by atoms with Gasteiger partial charge in [0.1, 0.15) is 23.9 Å². The van der Waals surface area contributed by atoms with E-state index in [0.29, 0.717) is 17.9 Å². The van der Waals surface area contributed by atoms with Gasteiger partial charge in [0.2, 0.25) is 0 Å². The van der Waals surface area contributed by atoms with Gasteiger partial charge in [0.25, 0.3) is 0 Å². The summed E-state index contributed by atoms with van der Waals surface area (Å²) in [5.41, 5.74) is 2.25. The van der Waals surface area contributed by atoms with Crippen LogP contribution in [0.3, 0.4) is 0 Å². The quantitative estimate of drug-likeness (QED) is 0.605. The number of hydrogen-bond acceptors (Lipinski definition) is 5. The molecule has 2 aliphatic carbocycles. The molecule has 0 N–H and O–H groups in total. The number of aryl methyl sites for hydroxylation is 1. The van der Waals surface area contributed by atoms with Gasteiger partial charge in [0, 0.05) is 23.0 Å². The molecule has 1 aromatic heterocycles. The van der Waals surface area contributed by atoms with Crippen LogP contribution in [0.5, 0.6) is 0 Å². The minimum absolute atomic E-state index is 0.249. The first-order valence-electron chi connectivity index (χ1n) is 8.99. The van der Waals surface area contributed by atoms with Crippen LogP contribution >= 0.6 is 0 Å². The van der Waals surface area contributed by atoms with E-state index in [0.717, 1.165) is 29.7 Å². The highest BCUT2D eigenvalue weighted by molar-refractivity contribution is 5.88. The van der Waals surface area contributed by atoms with Crippen molar-refractivity contribution < 1.29 is 23.5 Å². The van der Waals surface area contributed by atoms with Crippen LogP contribution in [0.4, 0.5) is 0 Å². The highest BCUT2D eigenvalue weighted by atomic mass is 16.6. The minimum Gasteiger partial charge on any atom is -0.469 e. The Labute approximate surface area is 147 Å². The zero-order valence-corrected chi connectivity index (χ0v) is 15.1. The van der Waals surface area contributed by atoms with Gasteiger partial charge in [-0.05, 0) is 45.1 Å². The monoisotopic (exact) mass is 344 g/mol. The van der Waals surface area contributed by atoms with Crippen molar-refractivity contribution in [1.29, 1.82) is 0 Å². The summed E-state index contributed by atoms with van der Waals surface area (Å²) in [6, 6.07) is 0. The normalized spacial score (nSPS) is 36.5. The predicted octanol–water partition coefficient (Wildman–Crippen LogP) is 3.65. The summed E-state index contributed by atoms with van der Waals surface area (Å²) in [7, 11) is 0. The van der Waals surface area contributed by atoms with Crippen LogP contribution in [0, 0.1) is 24.2 Å². The molecule has 0 unspecified atom stereocenters. The molecule has 0 aromatic carbocycles. The van der Waals surface area contributed by atoms with Crippen molar-refractivity contribution in [2.24, 2.45) is 17.3 Å². The number of esters is 2. The molecule has 25 heavy (non-hydrogen) atoms. The second-order valence-electron chi connectivity index (χ2n) is 7.81. The second kappa shape index (κ2) is 5.48. The molecule has 0 amide bonds. The molecule has 1 saturated heterocycles. The van der Waals surface area contributed by atoms with E-state index in [4.69, 9.17) is 13.9 Å².